The van der Waals surface area contributed by atoms with E-state index in [0.29, 0.717) is 42.2 Å². The van der Waals surface area contributed by atoms with Gasteiger partial charge in [0.1, 0.15) is 0 Å². The van der Waals surface area contributed by atoms with Gasteiger partial charge < -0.3 is 14.6 Å². The molecule has 1 saturated heterocycles. The number of benzene rings is 1. The molecule has 1 aromatic carbocycles. The molecule has 0 radical (unpaired) electrons. The maximum absolute atomic E-state index is 13.5. The van der Waals surface area contributed by atoms with Gasteiger partial charge in [-0.2, -0.15) is 15.4 Å². The number of piperidine rings is 1. The highest BCUT2D eigenvalue weighted by Crippen LogP contribution is 2.31. The number of aromatic nitrogens is 7. The number of nitrogens with one attached hydrogen (secondary N) is 2. The summed E-state index contributed by atoms with van der Waals surface area (Å²) in [4.78, 5) is 10.8. The number of hydrogen-bond donors (Lipinski definition) is 2. The minimum absolute atomic E-state index is 0.0315. The van der Waals surface area contributed by atoms with Crippen molar-refractivity contribution in [1.29, 1.82) is 0 Å². The first-order valence-electron chi connectivity index (χ1n) is 11.5. The molecule has 4 aromatic rings. The molecule has 1 aliphatic carbocycles. The number of aromatic amines is 1. The summed E-state index contributed by atoms with van der Waals surface area (Å²) in [6, 6.07) is 2.97. The van der Waals surface area contributed by atoms with Crippen LogP contribution in [0.15, 0.2) is 28.9 Å². The topological polar surface area (TPSA) is 122 Å². The third kappa shape index (κ3) is 4.19. The van der Waals surface area contributed by atoms with E-state index in [1.54, 1.807) is 12.4 Å². The first-order chi connectivity index (χ1) is 17.0. The van der Waals surface area contributed by atoms with Gasteiger partial charge in [-0.15, -0.1) is 5.10 Å². The van der Waals surface area contributed by atoms with E-state index in [9.17, 15) is 8.78 Å². The third-order valence-electron chi connectivity index (χ3n) is 6.73. The highest BCUT2D eigenvalue weighted by molar-refractivity contribution is 5.52. The highest BCUT2D eigenvalue weighted by Gasteiger charge is 2.27. The summed E-state index contributed by atoms with van der Waals surface area (Å²) >= 11 is 0. The van der Waals surface area contributed by atoms with Gasteiger partial charge in [-0.05, 0) is 55.9 Å². The molecule has 2 N–H and O–H groups in total. The quantitative estimate of drug-likeness (QED) is 0.444. The van der Waals surface area contributed by atoms with Crippen molar-refractivity contribution >= 4 is 12.0 Å². The van der Waals surface area contributed by atoms with E-state index in [1.807, 2.05) is 6.92 Å². The van der Waals surface area contributed by atoms with E-state index in [1.165, 1.54) is 12.1 Å². The first kappa shape index (κ1) is 21.6. The van der Waals surface area contributed by atoms with Crippen molar-refractivity contribution in [1.82, 2.24) is 35.6 Å². The molecule has 0 spiro atoms. The average molecular weight is 479 g/mol. The number of nitrogens with zero attached hydrogens (tertiary/aromatic N) is 7. The molecule has 2 aliphatic rings. The summed E-state index contributed by atoms with van der Waals surface area (Å²) in [5.41, 5.74) is 4.19. The molecule has 6 rings (SSSR count). The Morgan fingerprint density at radius 3 is 2.31 bits per heavy atom. The largest absolute Gasteiger partial charge is 0.403 e. The molecule has 1 aliphatic heterocycles. The second kappa shape index (κ2) is 8.67. The van der Waals surface area contributed by atoms with Crippen LogP contribution in [0.2, 0.25) is 0 Å². The second-order valence-corrected chi connectivity index (χ2v) is 9.03. The molecule has 3 aromatic heterocycles. The van der Waals surface area contributed by atoms with E-state index in [-0.39, 0.29) is 6.04 Å². The molecule has 1 fully saturated rings. The van der Waals surface area contributed by atoms with Crippen LogP contribution in [0.3, 0.4) is 0 Å². The van der Waals surface area contributed by atoms with Crippen molar-refractivity contribution in [2.45, 2.75) is 44.6 Å². The molecule has 0 amide bonds. The fraction of sp³-hybridized carbons (Fsp3) is 0.391. The summed E-state index contributed by atoms with van der Waals surface area (Å²) in [6.45, 7) is 3.54. The summed E-state index contributed by atoms with van der Waals surface area (Å²) in [6.07, 6.45) is 6.26. The molecular formula is C23H23F2N9O. The second-order valence-electron chi connectivity index (χ2n) is 9.03. The van der Waals surface area contributed by atoms with Crippen LogP contribution < -0.4 is 10.2 Å². The maximum Gasteiger partial charge on any atom is 0.318 e. The monoisotopic (exact) mass is 479 g/mol. The van der Waals surface area contributed by atoms with Gasteiger partial charge in [-0.3, -0.25) is 0 Å². The molecule has 10 nitrogen and oxygen atoms in total. The van der Waals surface area contributed by atoms with Crippen LogP contribution in [0, 0.1) is 18.6 Å². The molecular weight excluding hydrogens is 456 g/mol. The smallest absolute Gasteiger partial charge is 0.318 e. The maximum atomic E-state index is 13.5. The van der Waals surface area contributed by atoms with Crippen molar-refractivity contribution < 1.29 is 13.2 Å². The van der Waals surface area contributed by atoms with Crippen LogP contribution in [0.25, 0.3) is 11.5 Å². The van der Waals surface area contributed by atoms with Crippen LogP contribution in [-0.2, 0) is 12.8 Å². The molecule has 0 atom stereocenters. The fourth-order valence-electron chi connectivity index (χ4n) is 4.89. The van der Waals surface area contributed by atoms with Gasteiger partial charge in [0, 0.05) is 37.4 Å². The lowest BCUT2D eigenvalue weighted by molar-refractivity contribution is 0.455. The number of anilines is 2. The summed E-state index contributed by atoms with van der Waals surface area (Å²) in [7, 11) is 0. The van der Waals surface area contributed by atoms with E-state index >= 15 is 0 Å². The average Bonchev–Trinajstić information content (AvgIpc) is 3.60. The predicted molar refractivity (Wildman–Crippen MR) is 122 cm³/mol. The molecule has 12 heteroatoms. The molecule has 0 unspecified atom stereocenters. The zero-order chi connectivity index (χ0) is 23.9. The number of hydrogen-bond acceptors (Lipinski definition) is 9. The van der Waals surface area contributed by atoms with Crippen LogP contribution in [-0.4, -0.2) is 54.7 Å². The lowest BCUT2D eigenvalue weighted by atomic mass is 9.93. The Kier molecular flexibility index (Phi) is 5.34. The Balaban J connectivity index is 1.07. The number of H-pyrrole nitrogens is 1. The Bertz CT molecular complexity index is 1310. The zero-order valence-corrected chi connectivity index (χ0v) is 19.0. The van der Waals surface area contributed by atoms with Crippen LogP contribution >= 0.6 is 0 Å². The number of rotatable bonds is 5. The van der Waals surface area contributed by atoms with Gasteiger partial charge in [0.25, 0.3) is 5.89 Å². The van der Waals surface area contributed by atoms with Gasteiger partial charge in [-0.25, -0.2) is 18.7 Å². The molecule has 0 saturated carbocycles. The summed E-state index contributed by atoms with van der Waals surface area (Å²) < 4.78 is 32.9. The van der Waals surface area contributed by atoms with Crippen molar-refractivity contribution in [3.8, 4) is 11.5 Å². The van der Waals surface area contributed by atoms with Gasteiger partial charge >= 0.3 is 6.01 Å². The van der Waals surface area contributed by atoms with Gasteiger partial charge in [0.05, 0.1) is 17.0 Å². The normalized spacial score (nSPS) is 16.6. The number of halogens is 2. The number of aryl methyl sites for hydroxylation is 1. The van der Waals surface area contributed by atoms with Crippen LogP contribution in [0.5, 0.6) is 0 Å². The zero-order valence-electron chi connectivity index (χ0n) is 19.0. The summed E-state index contributed by atoms with van der Waals surface area (Å²) in [5, 5.41) is 22.7. The minimum atomic E-state index is -0.821. The predicted octanol–water partition coefficient (Wildman–Crippen LogP) is 3.19. The SMILES string of the molecule is Cc1n[nH]nc1C1CCN(c2nnc(-c3cnc(NC4Cc5cc(F)c(F)cc5C4)nc3)o2)CC1. The molecule has 180 valence electrons. The van der Waals surface area contributed by atoms with Crippen LogP contribution in [0.4, 0.5) is 20.7 Å². The Morgan fingerprint density at radius 1 is 1.00 bits per heavy atom. The fourth-order valence-corrected chi connectivity index (χ4v) is 4.89. The van der Waals surface area contributed by atoms with Gasteiger partial charge in [-0.1, -0.05) is 5.10 Å². The Labute approximate surface area is 199 Å². The van der Waals surface area contributed by atoms with Gasteiger partial charge in [0.2, 0.25) is 5.95 Å². The van der Waals surface area contributed by atoms with E-state index in [2.05, 4.69) is 45.8 Å². The Morgan fingerprint density at radius 2 is 1.69 bits per heavy atom. The standard InChI is InChI=1S/C23H23F2N9O/c1-12-20(30-33-29-12)13-2-4-34(5-3-13)23-32-31-21(35-23)16-10-26-22(27-11-16)28-17-6-14-8-18(24)19(25)9-15(14)7-17/h8-11,13,17H,2-7H2,1H3,(H,26,27,28)(H,29,30,33). The third-order valence-corrected chi connectivity index (χ3v) is 6.73. The lowest BCUT2D eigenvalue weighted by Crippen LogP contribution is -2.33. The van der Waals surface area contributed by atoms with Crippen molar-refractivity contribution in [3.05, 3.63) is 58.7 Å². The summed E-state index contributed by atoms with van der Waals surface area (Å²) in [5.74, 6) is -0.499. The lowest BCUT2D eigenvalue weighted by Gasteiger charge is -2.29. The van der Waals surface area contributed by atoms with Crippen molar-refractivity contribution in [2.24, 2.45) is 0 Å². The highest BCUT2D eigenvalue weighted by atomic mass is 19.2. The Hall–Kier alpha value is -3.96. The number of fused-ring (bicyclic) bond motifs is 1. The first-order valence-corrected chi connectivity index (χ1v) is 11.5. The van der Waals surface area contributed by atoms with E-state index < -0.39 is 11.6 Å². The van der Waals surface area contributed by atoms with Crippen molar-refractivity contribution in [3.63, 3.8) is 0 Å². The molecule has 4 heterocycles. The van der Waals surface area contributed by atoms with Crippen LogP contribution in [0.1, 0.15) is 41.3 Å². The van der Waals surface area contributed by atoms with Crippen molar-refractivity contribution in [2.75, 3.05) is 23.3 Å². The van der Waals surface area contributed by atoms with Gasteiger partial charge in [0.15, 0.2) is 11.6 Å². The molecule has 0 bridgehead atoms. The van der Waals surface area contributed by atoms with E-state index in [0.717, 1.165) is 48.4 Å². The molecule has 35 heavy (non-hydrogen) atoms. The van der Waals surface area contributed by atoms with E-state index in [4.69, 9.17) is 4.42 Å². The minimum Gasteiger partial charge on any atom is -0.403 e.